The summed E-state index contributed by atoms with van der Waals surface area (Å²) in [5, 5.41) is 0. The van der Waals surface area contributed by atoms with Crippen LogP contribution in [0.4, 0.5) is 50.9 Å². The van der Waals surface area contributed by atoms with Crippen LogP contribution >= 0.6 is 0 Å². The zero-order valence-corrected chi connectivity index (χ0v) is 15.4. The van der Waals surface area contributed by atoms with Crippen molar-refractivity contribution in [2.75, 3.05) is 24.6 Å². The summed E-state index contributed by atoms with van der Waals surface area (Å²) >= 11 is 0. The van der Waals surface area contributed by atoms with Crippen LogP contribution in [0.15, 0.2) is 42.5 Å². The van der Waals surface area contributed by atoms with Gasteiger partial charge in [-0.25, -0.2) is 4.85 Å². The van der Waals surface area contributed by atoms with Gasteiger partial charge in [0.2, 0.25) is 0 Å². The molecule has 0 aromatic heterocycles. The molecule has 0 spiro atoms. The molecule has 0 aliphatic rings. The molecule has 0 saturated heterocycles. The normalized spacial score (nSPS) is 12.4. The van der Waals surface area contributed by atoms with Gasteiger partial charge in [0.25, 0.3) is 0 Å². The Kier molecular flexibility index (Phi) is 6.98. The Morgan fingerprint density at radius 2 is 1.45 bits per heavy atom. The van der Waals surface area contributed by atoms with Crippen LogP contribution < -0.4 is 9.64 Å². The minimum absolute atomic E-state index is 0.0562. The van der Waals surface area contributed by atoms with Crippen molar-refractivity contribution >= 4 is 11.4 Å². The number of anilines is 1. The minimum Gasteiger partial charge on any atom is -0.492 e. The van der Waals surface area contributed by atoms with Crippen molar-refractivity contribution < 1.29 is 44.3 Å². The Hall–Kier alpha value is -3.10. The summed E-state index contributed by atoms with van der Waals surface area (Å²) in [6, 6.07) is 5.56. The van der Waals surface area contributed by atoms with Gasteiger partial charge in [0, 0.05) is 5.69 Å². The molecule has 0 atom stereocenters. The highest BCUT2D eigenvalue weighted by Crippen LogP contribution is 2.39. The van der Waals surface area contributed by atoms with Crippen LogP contribution in [0.25, 0.3) is 4.85 Å². The predicted octanol–water partition coefficient (Wildman–Crippen LogP) is 6.72. The molecule has 2 rings (SSSR count). The quantitative estimate of drug-likeness (QED) is 0.355. The molecule has 31 heavy (non-hydrogen) atoms. The first kappa shape index (κ1) is 24.2. The van der Waals surface area contributed by atoms with Crippen LogP contribution in [0.3, 0.4) is 0 Å². The van der Waals surface area contributed by atoms with Crippen LogP contribution in [-0.2, 0) is 12.4 Å². The molecular weight excluding hydrogens is 443 g/mol. The molecule has 2 aromatic carbocycles. The van der Waals surface area contributed by atoms with Gasteiger partial charge < -0.3 is 9.64 Å². The second kappa shape index (κ2) is 8.95. The highest BCUT2D eigenvalue weighted by Gasteiger charge is 2.36. The van der Waals surface area contributed by atoms with Crippen molar-refractivity contribution in [1.82, 2.24) is 0 Å². The highest BCUT2D eigenvalue weighted by molar-refractivity contribution is 5.62. The first-order valence-corrected chi connectivity index (χ1v) is 8.41. The van der Waals surface area contributed by atoms with Gasteiger partial charge in [-0.2, -0.15) is 39.5 Å². The van der Waals surface area contributed by atoms with Crippen LogP contribution in [0.1, 0.15) is 11.1 Å². The van der Waals surface area contributed by atoms with Crippen LogP contribution in [0.5, 0.6) is 5.75 Å². The van der Waals surface area contributed by atoms with Gasteiger partial charge in [-0.15, -0.1) is 0 Å². The molecule has 0 N–H and O–H groups in total. The number of alkyl halides is 9. The summed E-state index contributed by atoms with van der Waals surface area (Å²) in [7, 11) is 0. The Labute approximate surface area is 170 Å². The van der Waals surface area contributed by atoms with Crippen molar-refractivity contribution in [1.29, 1.82) is 0 Å². The molecule has 0 amide bonds. The van der Waals surface area contributed by atoms with E-state index in [0.717, 1.165) is 36.4 Å². The van der Waals surface area contributed by atoms with Crippen LogP contribution in [-0.4, -0.2) is 25.9 Å². The number of halogens is 9. The molecule has 0 radical (unpaired) electrons. The molecule has 3 nitrogen and oxygen atoms in total. The standard InChI is InChI=1S/C19H13F9N2O/c1-29-16-7-4-13(10-15(16)19(26,27)28)30(11-17(20,21)22)8-9-31-14-5-2-12(3-6-14)18(23,24)25/h2-7,10H,8-9,11H2. The van der Waals surface area contributed by atoms with Crippen molar-refractivity contribution in [3.63, 3.8) is 0 Å². The maximum absolute atomic E-state index is 13.1. The fraction of sp³-hybridized carbons (Fsp3) is 0.316. The smallest absolute Gasteiger partial charge is 0.416 e. The summed E-state index contributed by atoms with van der Waals surface area (Å²) in [5.74, 6) is -0.0562. The summed E-state index contributed by atoms with van der Waals surface area (Å²) in [5.41, 5.74) is -3.52. The zero-order valence-electron chi connectivity index (χ0n) is 15.4. The molecule has 2 aromatic rings. The number of hydrogen-bond acceptors (Lipinski definition) is 2. The van der Waals surface area contributed by atoms with E-state index in [0.29, 0.717) is 11.0 Å². The topological polar surface area (TPSA) is 16.8 Å². The highest BCUT2D eigenvalue weighted by atomic mass is 19.4. The maximum atomic E-state index is 13.1. The van der Waals surface area contributed by atoms with Crippen molar-refractivity contribution in [3.8, 4) is 5.75 Å². The third-order valence-corrected chi connectivity index (χ3v) is 3.95. The first-order valence-electron chi connectivity index (χ1n) is 8.41. The summed E-state index contributed by atoms with van der Waals surface area (Å²) in [6.45, 7) is 4.22. The summed E-state index contributed by atoms with van der Waals surface area (Å²) in [4.78, 5) is 3.30. The van der Waals surface area contributed by atoms with Gasteiger partial charge in [-0.05, 0) is 36.4 Å². The number of hydrogen-bond donors (Lipinski definition) is 0. The molecule has 0 aliphatic heterocycles. The Morgan fingerprint density at radius 1 is 0.839 bits per heavy atom. The van der Waals surface area contributed by atoms with E-state index in [1.807, 2.05) is 0 Å². The molecule has 0 bridgehead atoms. The lowest BCUT2D eigenvalue weighted by Crippen LogP contribution is -2.37. The Bertz CT molecular complexity index is 926. The third kappa shape index (κ3) is 6.97. The van der Waals surface area contributed by atoms with Crippen LogP contribution in [0, 0.1) is 6.57 Å². The molecular formula is C19H13F9N2O. The summed E-state index contributed by atoms with van der Waals surface area (Å²) in [6.07, 6.45) is -14.3. The van der Waals surface area contributed by atoms with E-state index in [9.17, 15) is 39.5 Å². The molecule has 0 unspecified atom stereocenters. The second-order valence-electron chi connectivity index (χ2n) is 6.22. The Morgan fingerprint density at radius 3 is 1.94 bits per heavy atom. The van der Waals surface area contributed by atoms with Gasteiger partial charge in [-0.3, -0.25) is 0 Å². The van der Waals surface area contributed by atoms with E-state index in [4.69, 9.17) is 11.3 Å². The van der Waals surface area contributed by atoms with Gasteiger partial charge in [0.05, 0.1) is 24.2 Å². The van der Waals surface area contributed by atoms with E-state index in [2.05, 4.69) is 4.85 Å². The fourth-order valence-electron chi connectivity index (χ4n) is 2.57. The number of ether oxygens (including phenoxy) is 1. The van der Waals surface area contributed by atoms with Gasteiger partial charge in [-0.1, -0.05) is 6.07 Å². The third-order valence-electron chi connectivity index (χ3n) is 3.95. The first-order chi connectivity index (χ1) is 14.2. The lowest BCUT2D eigenvalue weighted by molar-refractivity contribution is -0.138. The largest absolute Gasteiger partial charge is 0.492 e. The average Bonchev–Trinajstić information content (AvgIpc) is 2.65. The number of nitrogens with zero attached hydrogens (tertiary/aromatic N) is 2. The predicted molar refractivity (Wildman–Crippen MR) is 92.9 cm³/mol. The molecule has 12 heteroatoms. The van der Waals surface area contributed by atoms with Crippen molar-refractivity contribution in [3.05, 3.63) is 65.0 Å². The van der Waals surface area contributed by atoms with E-state index in [1.165, 1.54) is 0 Å². The molecule has 0 saturated carbocycles. The minimum atomic E-state index is -4.95. The van der Waals surface area contributed by atoms with Crippen molar-refractivity contribution in [2.45, 2.75) is 18.5 Å². The second-order valence-corrected chi connectivity index (χ2v) is 6.22. The monoisotopic (exact) mass is 456 g/mol. The molecule has 168 valence electrons. The molecule has 0 fully saturated rings. The fourth-order valence-corrected chi connectivity index (χ4v) is 2.57. The number of rotatable bonds is 6. The molecule has 0 heterocycles. The van der Waals surface area contributed by atoms with Gasteiger partial charge in [0.15, 0.2) is 5.69 Å². The maximum Gasteiger partial charge on any atom is 0.416 e. The molecule has 0 aliphatic carbocycles. The zero-order chi connectivity index (χ0) is 23.4. The average molecular weight is 456 g/mol. The van der Waals surface area contributed by atoms with E-state index in [1.54, 1.807) is 0 Å². The van der Waals surface area contributed by atoms with E-state index in [-0.39, 0.29) is 5.75 Å². The Balaban J connectivity index is 2.19. The lowest BCUT2D eigenvalue weighted by Gasteiger charge is -2.27. The summed E-state index contributed by atoms with van der Waals surface area (Å²) < 4.78 is 121. The van der Waals surface area contributed by atoms with Gasteiger partial charge in [0.1, 0.15) is 18.9 Å². The SMILES string of the molecule is [C-]#[N+]c1ccc(N(CCOc2ccc(C(F)(F)F)cc2)CC(F)(F)F)cc1C(F)(F)F. The number of benzene rings is 2. The van der Waals surface area contributed by atoms with Gasteiger partial charge >= 0.3 is 18.5 Å². The van der Waals surface area contributed by atoms with Crippen LogP contribution in [0.2, 0.25) is 0 Å². The lowest BCUT2D eigenvalue weighted by atomic mass is 10.1. The van der Waals surface area contributed by atoms with E-state index >= 15 is 0 Å². The van der Waals surface area contributed by atoms with E-state index < -0.39 is 60.7 Å². The van der Waals surface area contributed by atoms with Crippen molar-refractivity contribution in [2.24, 2.45) is 0 Å².